The molecule has 112 heavy (non-hydrogen) atoms. The summed E-state index contributed by atoms with van der Waals surface area (Å²) in [7, 11) is -1.93. The lowest BCUT2D eigenvalue weighted by Crippen LogP contribution is -2.30. The van der Waals surface area contributed by atoms with Crippen molar-refractivity contribution in [1.82, 2.24) is 41.2 Å². The van der Waals surface area contributed by atoms with Crippen LogP contribution >= 0.6 is 0 Å². The minimum absolute atomic E-state index is 0.00713. The third-order valence-corrected chi connectivity index (χ3v) is 15.5. The number of aliphatic carboxylic acids is 4. The van der Waals surface area contributed by atoms with Crippen LogP contribution in [0, 0.1) is 5.82 Å². The van der Waals surface area contributed by atoms with Crippen LogP contribution in [0.3, 0.4) is 0 Å². The number of carbonyl (C=O) groups excluding carboxylic acids is 5. The van der Waals surface area contributed by atoms with Crippen LogP contribution in [-0.4, -0.2) is 162 Å². The van der Waals surface area contributed by atoms with E-state index in [4.69, 9.17) is 44.1 Å². The lowest BCUT2D eigenvalue weighted by molar-refractivity contribution is -0.136. The van der Waals surface area contributed by atoms with E-state index in [0.717, 1.165) is 6.26 Å². The average molecular weight is 1550 g/mol. The van der Waals surface area contributed by atoms with Crippen LogP contribution < -0.4 is 55.0 Å². The van der Waals surface area contributed by atoms with Crippen molar-refractivity contribution in [3.63, 3.8) is 0 Å². The molecule has 4 aromatic heterocycles. The molecule has 12 aromatic rings. The molecular weight excluding hydrogens is 1490 g/mol. The van der Waals surface area contributed by atoms with Crippen molar-refractivity contribution in [2.75, 3.05) is 49.6 Å². The zero-order valence-corrected chi connectivity index (χ0v) is 59.3. The number of pyridine rings is 4. The monoisotopic (exact) mass is 1550 g/mol. The number of amides is 5. The zero-order valence-electron chi connectivity index (χ0n) is 58.5. The molecule has 0 aliphatic heterocycles. The van der Waals surface area contributed by atoms with E-state index in [9.17, 15) is 76.4 Å². The number of hydrogen-bond donors (Lipinski definition) is 14. The number of fused-ring (bicyclic) bond motifs is 4. The molecule has 0 aliphatic carbocycles. The number of carbonyl (C=O) groups is 9. The van der Waals surface area contributed by atoms with Crippen LogP contribution in [0.25, 0.3) is 43.1 Å². The van der Waals surface area contributed by atoms with Crippen LogP contribution in [0.5, 0.6) is 75.3 Å². The summed E-state index contributed by atoms with van der Waals surface area (Å²) in [4.78, 5) is 119. The number of hydrogen-bond acceptors (Lipinski definition) is 24. The van der Waals surface area contributed by atoms with E-state index in [2.05, 4.69) is 51.2 Å². The van der Waals surface area contributed by atoms with Gasteiger partial charge in [-0.1, -0.05) is 97.1 Å². The van der Waals surface area contributed by atoms with Gasteiger partial charge in [0, 0.05) is 61.4 Å². The van der Waals surface area contributed by atoms with E-state index < -0.39 is 107 Å². The highest BCUT2D eigenvalue weighted by Crippen LogP contribution is 2.41. The number of ether oxygens (including phenoxy) is 5. The highest BCUT2D eigenvalue weighted by atomic mass is 32.2. The van der Waals surface area contributed by atoms with Crippen molar-refractivity contribution in [3.8, 4) is 75.3 Å². The van der Waals surface area contributed by atoms with Crippen molar-refractivity contribution in [2.45, 2.75) is 6.92 Å². The number of carboxylic acid groups (broad SMARTS) is 4. The molecule has 574 valence electrons. The number of sulfonamides is 1. The number of rotatable bonds is 24. The average Bonchev–Trinajstić information content (AvgIpc) is 0.783. The lowest BCUT2D eigenvalue weighted by Gasteiger charge is -2.14. The summed E-state index contributed by atoms with van der Waals surface area (Å²) >= 11 is 0. The maximum absolute atomic E-state index is 13.9. The number of aromatic nitrogens is 4. The minimum Gasteiger partial charge on any atom is -0.505 e. The largest absolute Gasteiger partial charge is 0.505 e. The highest BCUT2D eigenvalue weighted by Gasteiger charge is 2.26. The first kappa shape index (κ1) is 80.6. The Kier molecular flexibility index (Phi) is 26.4. The summed E-state index contributed by atoms with van der Waals surface area (Å²) in [6.07, 6.45) is 1.03. The molecule has 4 heterocycles. The number of anilines is 2. The molecule has 0 radical (unpaired) electrons. The lowest BCUT2D eigenvalue weighted by atomic mass is 10.1. The second-order valence-corrected chi connectivity index (χ2v) is 24.8. The first-order chi connectivity index (χ1) is 53.5. The van der Waals surface area contributed by atoms with Gasteiger partial charge in [0.1, 0.15) is 37.7 Å². The van der Waals surface area contributed by atoms with Crippen molar-refractivity contribution in [1.29, 1.82) is 0 Å². The number of methoxy groups -OCH3 is 1. The van der Waals surface area contributed by atoms with E-state index in [0.29, 0.717) is 72.1 Å². The van der Waals surface area contributed by atoms with Gasteiger partial charge in [0.2, 0.25) is 39.5 Å². The van der Waals surface area contributed by atoms with Crippen LogP contribution in [0.1, 0.15) is 48.9 Å². The SMILES string of the molecule is CC(=O)Nc1ccc(Oc2nc(C(=O)NCC(=O)O)c(O)c3ccccc23)cc1.COc1ccccc1Oc1nc(C(=O)NCC(=O)O)c(O)c2ccccc12.CS(=O)(=O)Nc1ccc(Oc2nc(C(=O)NCC(=O)O)c(O)c3ccccc23)cc1.O=C(O)CNC(=O)c1nc(Oc2ccccc2F)c2ccccc2c1O. The molecule has 34 nitrogen and oxygen atoms in total. The number of halogens is 1. The molecule has 14 N–H and O–H groups in total. The van der Waals surface area contributed by atoms with Gasteiger partial charge in [0.25, 0.3) is 23.6 Å². The summed E-state index contributed by atoms with van der Waals surface area (Å²) in [5, 5.41) is 90.6. The molecule has 5 amide bonds. The van der Waals surface area contributed by atoms with Crippen LogP contribution in [0.2, 0.25) is 0 Å². The number of para-hydroxylation sites is 3. The molecule has 36 heteroatoms. The molecule has 0 bridgehead atoms. The predicted octanol–water partition coefficient (Wildman–Crippen LogP) is 9.67. The van der Waals surface area contributed by atoms with Gasteiger partial charge in [0.15, 0.2) is 68.8 Å². The maximum Gasteiger partial charge on any atom is 0.322 e. The molecule has 0 spiro atoms. The third-order valence-electron chi connectivity index (χ3n) is 14.9. The van der Waals surface area contributed by atoms with Crippen LogP contribution in [-0.2, 0) is 34.0 Å². The number of benzene rings is 8. The Morgan fingerprint density at radius 2 is 0.634 bits per heavy atom. The fourth-order valence-corrected chi connectivity index (χ4v) is 10.6. The maximum atomic E-state index is 13.9. The minimum atomic E-state index is -3.43. The van der Waals surface area contributed by atoms with Crippen molar-refractivity contribution in [3.05, 3.63) is 223 Å². The van der Waals surface area contributed by atoms with Gasteiger partial charge in [-0.05, 0) is 97.1 Å². The fraction of sp³-hybridized carbons (Fsp3) is 0.0921. The number of aromatic hydroxyl groups is 4. The smallest absolute Gasteiger partial charge is 0.322 e. The highest BCUT2D eigenvalue weighted by molar-refractivity contribution is 7.92. The van der Waals surface area contributed by atoms with Crippen molar-refractivity contribution >= 4 is 118 Å². The molecule has 0 fully saturated rings. The van der Waals surface area contributed by atoms with Crippen molar-refractivity contribution in [2.24, 2.45) is 0 Å². The second-order valence-electron chi connectivity index (χ2n) is 23.0. The summed E-state index contributed by atoms with van der Waals surface area (Å²) in [6, 6.07) is 51.4. The Morgan fingerprint density at radius 3 is 0.929 bits per heavy atom. The van der Waals surface area contributed by atoms with Gasteiger partial charge >= 0.3 is 23.9 Å². The van der Waals surface area contributed by atoms with E-state index in [1.54, 1.807) is 146 Å². The van der Waals surface area contributed by atoms with Gasteiger partial charge in [-0.2, -0.15) is 0 Å². The van der Waals surface area contributed by atoms with Gasteiger partial charge in [-0.3, -0.25) is 47.9 Å². The Bertz CT molecular complexity index is 5740. The third kappa shape index (κ3) is 21.2. The first-order valence-electron chi connectivity index (χ1n) is 32.5. The van der Waals surface area contributed by atoms with Gasteiger partial charge in [0.05, 0.1) is 13.4 Å². The predicted molar refractivity (Wildman–Crippen MR) is 399 cm³/mol. The molecule has 0 unspecified atom stereocenters. The van der Waals surface area contributed by atoms with Gasteiger partial charge < -0.3 is 91.1 Å². The topological polar surface area (TPSA) is 519 Å². The van der Waals surface area contributed by atoms with E-state index in [1.807, 2.05) is 0 Å². The zero-order chi connectivity index (χ0) is 80.9. The van der Waals surface area contributed by atoms with Crippen LogP contribution in [0.4, 0.5) is 15.8 Å². The van der Waals surface area contributed by atoms with E-state index in [-0.39, 0.29) is 69.1 Å². The van der Waals surface area contributed by atoms with Crippen LogP contribution in [0.15, 0.2) is 194 Å². The number of nitrogens with one attached hydrogen (secondary N) is 6. The molecule has 0 aliphatic rings. The van der Waals surface area contributed by atoms with Crippen molar-refractivity contribution < 1.29 is 120 Å². The number of nitrogens with zero attached hydrogens (tertiary/aromatic N) is 4. The summed E-state index contributed by atoms with van der Waals surface area (Å²) < 4.78 is 66.9. The summed E-state index contributed by atoms with van der Waals surface area (Å²) in [5.41, 5.74) is -0.574. The molecule has 0 atom stereocenters. The molecule has 8 aromatic carbocycles. The Labute approximate surface area is 631 Å². The number of carboxylic acids is 4. The quantitative estimate of drug-likeness (QED) is 0.0267. The second kappa shape index (κ2) is 36.7. The molecule has 12 rings (SSSR count). The molecule has 0 saturated heterocycles. The molecular formula is C76H63FN10O24S. The van der Waals surface area contributed by atoms with Gasteiger partial charge in [-0.25, -0.2) is 32.7 Å². The van der Waals surface area contributed by atoms with E-state index in [1.165, 1.54) is 62.6 Å². The van der Waals surface area contributed by atoms with E-state index >= 15 is 0 Å². The summed E-state index contributed by atoms with van der Waals surface area (Å²) in [5.74, 6) is -9.31. The normalized spacial score (nSPS) is 10.6. The first-order valence-corrected chi connectivity index (χ1v) is 34.4. The fourth-order valence-electron chi connectivity index (χ4n) is 10.1. The Balaban J connectivity index is 0.000000172. The molecule has 0 saturated carbocycles. The van der Waals surface area contributed by atoms with Gasteiger partial charge in [-0.15, -0.1) is 0 Å². The Morgan fingerprint density at radius 1 is 0.366 bits per heavy atom. The standard InChI is InChI=1S/C20H17N3O6.C19H17N3O7S.C19H16N2O6.C18H13FN2O5/c1-11(24)22-12-6-8-13(9-7-12)29-20-15-5-3-2-4-14(15)18(27)17(23-20)19(28)21-10-16(25)26;1-30(27,28)22-11-6-8-12(9-7-11)29-19-14-5-3-2-4-13(14)17(25)16(21-19)18(26)20-10-15(23)24;1-26-13-8-4-5-9-14(13)27-19-12-7-3-2-6-11(12)17(24)16(21-19)18(25)20-10-15(22)23;19-12-7-3-4-8-13(12)26-18-11-6-2-1-5-10(11)16(24)15(21-18)17(25)20-9-14(22)23/h2-9,27H,10H2,1H3,(H,21,28)(H,22,24)(H,25,26);2-9,22,25H,10H2,1H3,(H,20,26)(H,23,24);2-9,24H,10H2,1H3,(H,20,25)(H,22,23);1-8,24H,9H2,(H,20,25)(H,22,23). The Hall–Kier alpha value is -15.5. The summed E-state index contributed by atoms with van der Waals surface area (Å²) in [6.45, 7) is -1.11.